The fourth-order valence-electron chi connectivity index (χ4n) is 2.67. The number of imidazole rings is 1. The number of nitrogens with zero attached hydrogens (tertiary/aromatic N) is 2. The molecule has 0 spiro atoms. The van der Waals surface area contributed by atoms with Crippen molar-refractivity contribution in [3.8, 4) is 11.4 Å². The van der Waals surface area contributed by atoms with Crippen LogP contribution < -0.4 is 0 Å². The van der Waals surface area contributed by atoms with Crippen molar-refractivity contribution in [3.63, 3.8) is 0 Å². The van der Waals surface area contributed by atoms with Gasteiger partial charge in [0.1, 0.15) is 5.82 Å². The molecule has 2 heterocycles. The molecule has 4 heteroatoms. The van der Waals surface area contributed by atoms with Crippen molar-refractivity contribution in [2.75, 3.05) is 0 Å². The molecule has 0 saturated heterocycles. The lowest BCUT2D eigenvalue weighted by Gasteiger charge is -2.22. The van der Waals surface area contributed by atoms with Gasteiger partial charge >= 0.3 is 0 Å². The van der Waals surface area contributed by atoms with E-state index in [-0.39, 0.29) is 0 Å². The molecule has 1 aliphatic rings. The van der Waals surface area contributed by atoms with Crippen LogP contribution in [-0.4, -0.2) is 9.55 Å². The van der Waals surface area contributed by atoms with Crippen molar-refractivity contribution in [3.05, 3.63) is 40.1 Å². The summed E-state index contributed by atoms with van der Waals surface area (Å²) in [6.07, 6.45) is 2.34. The van der Waals surface area contributed by atoms with Gasteiger partial charge in [-0.25, -0.2) is 4.98 Å². The van der Waals surface area contributed by atoms with Crippen LogP contribution >= 0.6 is 23.2 Å². The number of halogens is 2. The molecular formula is C14H14Cl2N2. The van der Waals surface area contributed by atoms with E-state index in [1.807, 2.05) is 24.3 Å². The number of rotatable bonds is 1. The topological polar surface area (TPSA) is 17.8 Å². The molecule has 0 saturated carbocycles. The van der Waals surface area contributed by atoms with Gasteiger partial charge in [-0.05, 0) is 30.9 Å². The second-order valence-corrected chi connectivity index (χ2v) is 5.55. The maximum atomic E-state index is 6.28. The minimum absolute atomic E-state index is 0.468. The summed E-state index contributed by atoms with van der Waals surface area (Å²) in [5, 5.41) is 1.34. The zero-order chi connectivity index (χ0) is 12.7. The standard InChI is InChI=1S/C14H14Cl2N2/c1-9-5-4-8-18-12(9)13(16)17-14(18)10-6-2-3-7-11(10)15/h2-3,6-7,9H,4-5,8H2,1H3. The number of aromatic nitrogens is 2. The van der Waals surface area contributed by atoms with E-state index >= 15 is 0 Å². The molecule has 1 aliphatic heterocycles. The van der Waals surface area contributed by atoms with Crippen molar-refractivity contribution < 1.29 is 0 Å². The van der Waals surface area contributed by atoms with Gasteiger partial charge in [0.05, 0.1) is 10.7 Å². The lowest BCUT2D eigenvalue weighted by molar-refractivity contribution is 0.478. The third-order valence-corrected chi connectivity index (χ3v) is 4.17. The molecule has 1 aromatic heterocycles. The molecule has 1 aromatic carbocycles. The van der Waals surface area contributed by atoms with E-state index in [2.05, 4.69) is 16.5 Å². The minimum Gasteiger partial charge on any atom is -0.326 e. The lowest BCUT2D eigenvalue weighted by atomic mass is 9.98. The van der Waals surface area contributed by atoms with Crippen LogP contribution in [0.4, 0.5) is 0 Å². The number of benzene rings is 1. The molecule has 0 aliphatic carbocycles. The molecule has 18 heavy (non-hydrogen) atoms. The Morgan fingerprint density at radius 1 is 1.28 bits per heavy atom. The summed E-state index contributed by atoms with van der Waals surface area (Å²) in [5.74, 6) is 1.36. The molecule has 94 valence electrons. The Labute approximate surface area is 117 Å². The monoisotopic (exact) mass is 280 g/mol. The molecule has 0 radical (unpaired) electrons. The highest BCUT2D eigenvalue weighted by molar-refractivity contribution is 6.33. The van der Waals surface area contributed by atoms with E-state index in [0.29, 0.717) is 11.1 Å². The molecule has 0 bridgehead atoms. The summed E-state index contributed by atoms with van der Waals surface area (Å²) < 4.78 is 2.22. The van der Waals surface area contributed by atoms with Crippen LogP contribution in [0.15, 0.2) is 24.3 Å². The van der Waals surface area contributed by atoms with Crippen LogP contribution in [0.25, 0.3) is 11.4 Å². The normalized spacial score (nSPS) is 18.7. The second-order valence-electron chi connectivity index (χ2n) is 4.79. The summed E-state index contributed by atoms with van der Waals surface area (Å²) in [4.78, 5) is 4.52. The fraction of sp³-hybridized carbons (Fsp3) is 0.357. The highest BCUT2D eigenvalue weighted by atomic mass is 35.5. The molecule has 2 aromatic rings. The van der Waals surface area contributed by atoms with E-state index in [9.17, 15) is 0 Å². The number of fused-ring (bicyclic) bond motifs is 1. The average molecular weight is 281 g/mol. The minimum atomic E-state index is 0.468. The van der Waals surface area contributed by atoms with Crippen LogP contribution in [-0.2, 0) is 6.54 Å². The van der Waals surface area contributed by atoms with Crippen LogP contribution in [0.3, 0.4) is 0 Å². The second kappa shape index (κ2) is 4.60. The van der Waals surface area contributed by atoms with Crippen molar-refractivity contribution in [1.82, 2.24) is 9.55 Å². The molecule has 0 amide bonds. The van der Waals surface area contributed by atoms with Gasteiger partial charge in [0.25, 0.3) is 0 Å². The molecule has 2 nitrogen and oxygen atoms in total. The Morgan fingerprint density at radius 3 is 2.83 bits per heavy atom. The highest BCUT2D eigenvalue weighted by Crippen LogP contribution is 2.37. The Morgan fingerprint density at radius 2 is 2.06 bits per heavy atom. The zero-order valence-electron chi connectivity index (χ0n) is 10.2. The number of hydrogen-bond donors (Lipinski definition) is 0. The smallest absolute Gasteiger partial charge is 0.151 e. The van der Waals surface area contributed by atoms with Crippen LogP contribution in [0.5, 0.6) is 0 Å². The van der Waals surface area contributed by atoms with Gasteiger partial charge in [0, 0.05) is 12.1 Å². The van der Waals surface area contributed by atoms with Gasteiger partial charge in [-0.15, -0.1) is 0 Å². The largest absolute Gasteiger partial charge is 0.326 e. The van der Waals surface area contributed by atoms with E-state index in [1.165, 1.54) is 6.42 Å². The van der Waals surface area contributed by atoms with Crippen molar-refractivity contribution in [1.29, 1.82) is 0 Å². The van der Waals surface area contributed by atoms with Gasteiger partial charge in [-0.2, -0.15) is 0 Å². The summed E-state index contributed by atoms with van der Waals surface area (Å²) >= 11 is 12.5. The summed E-state index contributed by atoms with van der Waals surface area (Å²) in [6, 6.07) is 7.78. The van der Waals surface area contributed by atoms with Gasteiger partial charge in [0.15, 0.2) is 5.15 Å². The molecule has 1 unspecified atom stereocenters. The molecular weight excluding hydrogens is 267 g/mol. The van der Waals surface area contributed by atoms with Crippen molar-refractivity contribution in [2.24, 2.45) is 0 Å². The summed E-state index contributed by atoms with van der Waals surface area (Å²) in [6.45, 7) is 3.18. The van der Waals surface area contributed by atoms with Gasteiger partial charge in [-0.1, -0.05) is 42.3 Å². The van der Waals surface area contributed by atoms with Crippen molar-refractivity contribution >= 4 is 23.2 Å². The average Bonchev–Trinajstić information content (AvgIpc) is 2.69. The van der Waals surface area contributed by atoms with Crippen LogP contribution in [0.1, 0.15) is 31.4 Å². The maximum Gasteiger partial charge on any atom is 0.151 e. The van der Waals surface area contributed by atoms with E-state index < -0.39 is 0 Å². The van der Waals surface area contributed by atoms with E-state index in [0.717, 1.165) is 35.1 Å². The number of hydrogen-bond acceptors (Lipinski definition) is 1. The first-order chi connectivity index (χ1) is 8.68. The molecule has 0 N–H and O–H groups in total. The summed E-state index contributed by atoms with van der Waals surface area (Å²) in [5.41, 5.74) is 2.11. The van der Waals surface area contributed by atoms with Gasteiger partial charge < -0.3 is 4.57 Å². The van der Waals surface area contributed by atoms with E-state index in [1.54, 1.807) is 0 Å². The fourth-order valence-corrected chi connectivity index (χ4v) is 3.26. The Kier molecular flexibility index (Phi) is 3.08. The zero-order valence-corrected chi connectivity index (χ0v) is 11.7. The van der Waals surface area contributed by atoms with Gasteiger partial charge in [0.2, 0.25) is 0 Å². The highest BCUT2D eigenvalue weighted by Gasteiger charge is 2.25. The Hall–Kier alpha value is -0.990. The summed E-state index contributed by atoms with van der Waals surface area (Å²) in [7, 11) is 0. The first-order valence-electron chi connectivity index (χ1n) is 6.19. The predicted molar refractivity (Wildman–Crippen MR) is 75.3 cm³/mol. The first-order valence-corrected chi connectivity index (χ1v) is 6.95. The maximum absolute atomic E-state index is 6.28. The van der Waals surface area contributed by atoms with E-state index in [4.69, 9.17) is 23.2 Å². The Balaban J connectivity index is 2.20. The molecule has 3 rings (SSSR count). The predicted octanol–water partition coefficient (Wildman–Crippen LogP) is 4.75. The van der Waals surface area contributed by atoms with Crippen LogP contribution in [0, 0.1) is 0 Å². The third kappa shape index (κ3) is 1.84. The first kappa shape index (κ1) is 12.1. The Bertz CT molecular complexity index is 589. The third-order valence-electron chi connectivity index (χ3n) is 3.56. The lowest BCUT2D eigenvalue weighted by Crippen LogP contribution is -2.14. The van der Waals surface area contributed by atoms with Gasteiger partial charge in [-0.3, -0.25) is 0 Å². The molecule has 1 atom stereocenters. The molecule has 0 fully saturated rings. The van der Waals surface area contributed by atoms with Crippen LogP contribution in [0.2, 0.25) is 10.2 Å². The SMILES string of the molecule is CC1CCCn2c(-c3ccccc3Cl)nc(Cl)c21. The quantitative estimate of drug-likeness (QED) is 0.737. The van der Waals surface area contributed by atoms with Crippen molar-refractivity contribution in [2.45, 2.75) is 32.2 Å².